The zero-order chi connectivity index (χ0) is 18.7. The van der Waals surface area contributed by atoms with Crippen LogP contribution in [-0.2, 0) is 20.8 Å². The molecule has 2 saturated carbocycles. The van der Waals surface area contributed by atoms with E-state index in [0.29, 0.717) is 11.8 Å². The van der Waals surface area contributed by atoms with Gasteiger partial charge in [0.25, 0.3) is 0 Å². The van der Waals surface area contributed by atoms with Crippen molar-refractivity contribution < 1.29 is 14.4 Å². The quantitative estimate of drug-likeness (QED) is 0.645. The molecule has 0 radical (unpaired) electrons. The number of amides is 3. The molecule has 1 saturated heterocycles. The van der Waals surface area contributed by atoms with Crippen molar-refractivity contribution in [1.29, 1.82) is 0 Å². The fourth-order valence-corrected chi connectivity index (χ4v) is 5.62. The lowest BCUT2D eigenvalue weighted by molar-refractivity contribution is -0.140. The first kappa shape index (κ1) is 16.7. The maximum absolute atomic E-state index is 12.9. The van der Waals surface area contributed by atoms with Gasteiger partial charge in [-0.25, -0.2) is 0 Å². The van der Waals surface area contributed by atoms with Crippen LogP contribution < -0.4 is 5.32 Å². The number of allylic oxidation sites excluding steroid dienone is 2. The van der Waals surface area contributed by atoms with Crippen molar-refractivity contribution in [3.8, 4) is 0 Å². The van der Waals surface area contributed by atoms with Crippen LogP contribution in [-0.4, -0.2) is 29.2 Å². The van der Waals surface area contributed by atoms with E-state index < -0.39 is 0 Å². The Morgan fingerprint density at radius 2 is 1.70 bits per heavy atom. The first-order valence-corrected chi connectivity index (χ1v) is 10.0. The second-order valence-corrected chi connectivity index (χ2v) is 8.29. The van der Waals surface area contributed by atoms with Crippen molar-refractivity contribution in [2.45, 2.75) is 26.2 Å². The highest BCUT2D eigenvalue weighted by Crippen LogP contribution is 2.65. The monoisotopic (exact) mass is 364 g/mol. The van der Waals surface area contributed by atoms with Crippen LogP contribution in [0.2, 0.25) is 0 Å². The summed E-state index contributed by atoms with van der Waals surface area (Å²) in [5, 5.41) is 2.92. The van der Waals surface area contributed by atoms with E-state index in [0.717, 1.165) is 24.1 Å². The van der Waals surface area contributed by atoms with Gasteiger partial charge < -0.3 is 5.32 Å². The number of hydrogen-bond donors (Lipinski definition) is 1. The van der Waals surface area contributed by atoms with Crippen molar-refractivity contribution in [2.24, 2.45) is 35.5 Å². The van der Waals surface area contributed by atoms with Crippen molar-refractivity contribution in [1.82, 2.24) is 4.90 Å². The lowest BCUT2D eigenvalue weighted by atomic mass is 9.63. The summed E-state index contributed by atoms with van der Waals surface area (Å²) in [5.41, 5.74) is 1.88. The van der Waals surface area contributed by atoms with E-state index in [-0.39, 0.29) is 54.4 Å². The Labute approximate surface area is 158 Å². The van der Waals surface area contributed by atoms with Gasteiger partial charge in [0.15, 0.2) is 0 Å². The minimum absolute atomic E-state index is 0.0588. The van der Waals surface area contributed by atoms with Crippen LogP contribution in [0.5, 0.6) is 0 Å². The molecule has 0 unspecified atom stereocenters. The van der Waals surface area contributed by atoms with Gasteiger partial charge in [0.05, 0.1) is 11.8 Å². The lowest BCUT2D eigenvalue weighted by Crippen LogP contribution is -2.40. The van der Waals surface area contributed by atoms with E-state index in [4.69, 9.17) is 0 Å². The van der Waals surface area contributed by atoms with E-state index in [9.17, 15) is 14.4 Å². The van der Waals surface area contributed by atoms with Crippen LogP contribution in [0.25, 0.3) is 0 Å². The van der Waals surface area contributed by atoms with Crippen LogP contribution in [0.15, 0.2) is 36.4 Å². The Kier molecular flexibility index (Phi) is 3.74. The number of para-hydroxylation sites is 1. The van der Waals surface area contributed by atoms with Gasteiger partial charge in [0.1, 0.15) is 0 Å². The number of carbonyl (C=O) groups is 3. The number of hydrogen-bond acceptors (Lipinski definition) is 3. The molecule has 0 aromatic heterocycles. The summed E-state index contributed by atoms with van der Waals surface area (Å²) < 4.78 is 0. The molecule has 2 bridgehead atoms. The maximum Gasteiger partial charge on any atom is 0.233 e. The molecule has 5 nitrogen and oxygen atoms in total. The minimum Gasteiger partial charge on any atom is -0.326 e. The molecule has 5 heteroatoms. The van der Waals surface area contributed by atoms with Crippen molar-refractivity contribution in [3.63, 3.8) is 0 Å². The van der Waals surface area contributed by atoms with Gasteiger partial charge in [-0.3, -0.25) is 19.3 Å². The molecule has 140 valence electrons. The second-order valence-electron chi connectivity index (χ2n) is 8.29. The molecule has 1 aliphatic heterocycles. The normalized spacial score (nSPS) is 35.2. The number of benzene rings is 1. The average Bonchev–Trinajstić information content (AvgIpc) is 3.46. The highest BCUT2D eigenvalue weighted by atomic mass is 16.2. The topological polar surface area (TPSA) is 66.5 Å². The third-order valence-electron chi connectivity index (χ3n) is 6.99. The molecule has 1 aromatic carbocycles. The molecule has 5 aliphatic rings. The van der Waals surface area contributed by atoms with Crippen molar-refractivity contribution in [3.05, 3.63) is 42.0 Å². The predicted molar refractivity (Wildman–Crippen MR) is 100 cm³/mol. The predicted octanol–water partition coefficient (Wildman–Crippen LogP) is 2.63. The molecule has 6 rings (SSSR count). The van der Waals surface area contributed by atoms with Gasteiger partial charge in [0.2, 0.25) is 17.7 Å². The third kappa shape index (κ3) is 2.47. The fourth-order valence-electron chi connectivity index (χ4n) is 5.62. The molecule has 1 N–H and O–H groups in total. The van der Waals surface area contributed by atoms with Crippen molar-refractivity contribution in [2.75, 3.05) is 11.9 Å². The zero-order valence-electron chi connectivity index (χ0n) is 15.4. The van der Waals surface area contributed by atoms with Gasteiger partial charge in [-0.15, -0.1) is 0 Å². The van der Waals surface area contributed by atoms with E-state index in [1.165, 1.54) is 4.90 Å². The standard InChI is InChI=1S/C22H24N2O3/c1-2-12-5-3-4-6-17(12)23-18(25)9-10-24-21(26)19-13-7-8-14(16-11-15(13)16)20(19)22(24)27/h3-8,13-16,19-20H,2,9-11H2,1H3,(H,23,25)/t13-,14-,15-,16-,19+,20+/m1/s1. The number of aryl methyl sites for hydroxylation is 1. The molecule has 6 atom stereocenters. The molecule has 3 fully saturated rings. The van der Waals surface area contributed by atoms with E-state index >= 15 is 0 Å². The molecule has 4 aliphatic carbocycles. The van der Waals surface area contributed by atoms with Gasteiger partial charge in [-0.05, 0) is 48.1 Å². The summed E-state index contributed by atoms with van der Waals surface area (Å²) in [6, 6.07) is 7.71. The molecule has 1 aromatic rings. The second kappa shape index (κ2) is 6.04. The third-order valence-corrected chi connectivity index (χ3v) is 6.99. The Hall–Kier alpha value is -2.43. The highest BCUT2D eigenvalue weighted by Gasteiger charge is 2.66. The Bertz CT molecular complexity index is 825. The van der Waals surface area contributed by atoms with Gasteiger partial charge in [0, 0.05) is 18.7 Å². The Morgan fingerprint density at radius 3 is 2.33 bits per heavy atom. The molecule has 0 spiro atoms. The van der Waals surface area contributed by atoms with Crippen LogP contribution in [0.3, 0.4) is 0 Å². The van der Waals surface area contributed by atoms with E-state index in [2.05, 4.69) is 17.5 Å². The molecular weight excluding hydrogens is 340 g/mol. The maximum atomic E-state index is 12.9. The summed E-state index contributed by atoms with van der Waals surface area (Å²) in [5.74, 6) is 1.04. The Morgan fingerprint density at radius 1 is 1.07 bits per heavy atom. The van der Waals surface area contributed by atoms with Crippen LogP contribution in [0.4, 0.5) is 5.69 Å². The summed E-state index contributed by atoms with van der Waals surface area (Å²) in [7, 11) is 0. The van der Waals surface area contributed by atoms with Gasteiger partial charge in [-0.2, -0.15) is 0 Å². The first-order chi connectivity index (χ1) is 13.1. The summed E-state index contributed by atoms with van der Waals surface area (Å²) in [4.78, 5) is 39.6. The SMILES string of the molecule is CCc1ccccc1NC(=O)CCN1C(=O)[C@H]2[C@@H]3C=C[C@H]([C@H]4C[C@H]34)[C@@H]2C1=O. The highest BCUT2D eigenvalue weighted by molar-refractivity contribution is 6.06. The number of imide groups is 1. The van der Waals surface area contributed by atoms with Crippen LogP contribution in [0.1, 0.15) is 25.3 Å². The number of anilines is 1. The van der Waals surface area contributed by atoms with Crippen LogP contribution >= 0.6 is 0 Å². The van der Waals surface area contributed by atoms with E-state index in [1.54, 1.807) is 0 Å². The molecule has 27 heavy (non-hydrogen) atoms. The Balaban J connectivity index is 1.25. The molecule has 3 amide bonds. The zero-order valence-corrected chi connectivity index (χ0v) is 15.4. The fraction of sp³-hybridized carbons (Fsp3) is 0.500. The number of rotatable bonds is 5. The number of likely N-dealkylation sites (tertiary alicyclic amines) is 1. The lowest BCUT2D eigenvalue weighted by Gasteiger charge is -2.37. The first-order valence-electron chi connectivity index (χ1n) is 10.0. The minimum atomic E-state index is -0.180. The number of nitrogens with one attached hydrogen (secondary N) is 1. The summed E-state index contributed by atoms with van der Waals surface area (Å²) in [6.45, 7) is 2.22. The summed E-state index contributed by atoms with van der Waals surface area (Å²) in [6.07, 6.45) is 6.48. The van der Waals surface area contributed by atoms with Crippen LogP contribution in [0, 0.1) is 35.5 Å². The van der Waals surface area contributed by atoms with Crippen molar-refractivity contribution >= 4 is 23.4 Å². The number of carbonyl (C=O) groups excluding carboxylic acids is 3. The van der Waals surface area contributed by atoms with E-state index in [1.807, 2.05) is 31.2 Å². The largest absolute Gasteiger partial charge is 0.326 e. The smallest absolute Gasteiger partial charge is 0.233 e. The summed E-state index contributed by atoms with van der Waals surface area (Å²) >= 11 is 0. The average molecular weight is 364 g/mol. The van der Waals surface area contributed by atoms with Gasteiger partial charge >= 0.3 is 0 Å². The number of nitrogens with zero attached hydrogens (tertiary/aromatic N) is 1. The molecular formula is C22H24N2O3. The van der Waals surface area contributed by atoms with Gasteiger partial charge in [-0.1, -0.05) is 37.3 Å². The molecule has 1 heterocycles.